The van der Waals surface area contributed by atoms with Crippen molar-refractivity contribution in [2.45, 2.75) is 13.0 Å². The first kappa shape index (κ1) is 15.4. The number of aromatic nitrogens is 1. The smallest absolute Gasteiger partial charge is 0.338 e. The average molecular weight is 301 g/mol. The van der Waals surface area contributed by atoms with E-state index in [2.05, 4.69) is 15.0 Å². The quantitative estimate of drug-likeness (QED) is 0.518. The van der Waals surface area contributed by atoms with Crippen molar-refractivity contribution < 1.29 is 14.5 Å². The van der Waals surface area contributed by atoms with Crippen LogP contribution in [0.4, 0.5) is 11.4 Å². The molecule has 1 atom stereocenters. The second-order valence-electron chi connectivity index (χ2n) is 4.60. The van der Waals surface area contributed by atoms with Gasteiger partial charge in [0.2, 0.25) is 0 Å². The van der Waals surface area contributed by atoms with E-state index < -0.39 is 10.9 Å². The van der Waals surface area contributed by atoms with Crippen LogP contribution >= 0.6 is 0 Å². The Morgan fingerprint density at radius 1 is 1.36 bits per heavy atom. The minimum atomic E-state index is -0.618. The average Bonchev–Trinajstić information content (AvgIpc) is 2.55. The van der Waals surface area contributed by atoms with Gasteiger partial charge >= 0.3 is 5.97 Å². The number of hydrogen-bond acceptors (Lipinski definition) is 6. The molecule has 1 N–H and O–H groups in total. The Labute approximate surface area is 127 Å². The minimum absolute atomic E-state index is 0.130. The summed E-state index contributed by atoms with van der Waals surface area (Å²) in [6, 6.07) is 9.41. The topological polar surface area (TPSA) is 94.4 Å². The van der Waals surface area contributed by atoms with Gasteiger partial charge in [0, 0.05) is 12.3 Å². The van der Waals surface area contributed by atoms with Crippen molar-refractivity contribution in [3.05, 3.63) is 64.0 Å². The van der Waals surface area contributed by atoms with Crippen LogP contribution in [0.5, 0.6) is 0 Å². The van der Waals surface area contributed by atoms with Crippen molar-refractivity contribution >= 4 is 17.3 Å². The minimum Gasteiger partial charge on any atom is -0.465 e. The predicted molar refractivity (Wildman–Crippen MR) is 80.7 cm³/mol. The fourth-order valence-corrected chi connectivity index (χ4v) is 1.99. The summed E-state index contributed by atoms with van der Waals surface area (Å²) in [5, 5.41) is 14.2. The van der Waals surface area contributed by atoms with E-state index in [4.69, 9.17) is 0 Å². The number of nitrogens with one attached hydrogen (secondary N) is 1. The van der Waals surface area contributed by atoms with Crippen molar-refractivity contribution in [3.63, 3.8) is 0 Å². The maximum Gasteiger partial charge on any atom is 0.338 e. The molecule has 0 amide bonds. The second-order valence-corrected chi connectivity index (χ2v) is 4.60. The van der Waals surface area contributed by atoms with E-state index in [9.17, 15) is 14.9 Å². The molecule has 2 aromatic rings. The van der Waals surface area contributed by atoms with Gasteiger partial charge in [0.1, 0.15) is 5.69 Å². The van der Waals surface area contributed by atoms with Gasteiger partial charge in [-0.1, -0.05) is 6.07 Å². The van der Waals surface area contributed by atoms with E-state index in [1.807, 2.05) is 19.1 Å². The van der Waals surface area contributed by atoms with Crippen LogP contribution in [0.1, 0.15) is 29.0 Å². The number of anilines is 1. The molecule has 0 bridgehead atoms. The van der Waals surface area contributed by atoms with Crippen LogP contribution in [0.25, 0.3) is 0 Å². The number of nitro groups is 1. The standard InChI is InChI=1S/C15H15N3O4/c1-10(12-5-3-4-8-16-12)17-13-7-6-11(15(19)22-2)9-14(13)18(20)21/h3-10,17H,1-2H3. The molecule has 0 saturated carbocycles. The lowest BCUT2D eigenvalue weighted by atomic mass is 10.1. The Morgan fingerprint density at radius 2 is 2.14 bits per heavy atom. The fraction of sp³-hybridized carbons (Fsp3) is 0.200. The zero-order valence-electron chi connectivity index (χ0n) is 12.1. The van der Waals surface area contributed by atoms with Gasteiger partial charge in [-0.15, -0.1) is 0 Å². The molecule has 0 spiro atoms. The van der Waals surface area contributed by atoms with E-state index in [-0.39, 0.29) is 17.3 Å². The Morgan fingerprint density at radius 3 is 2.73 bits per heavy atom. The van der Waals surface area contributed by atoms with Crippen molar-refractivity contribution in [3.8, 4) is 0 Å². The summed E-state index contributed by atoms with van der Waals surface area (Å²) in [7, 11) is 1.23. The van der Waals surface area contributed by atoms with Gasteiger partial charge in [0.05, 0.1) is 29.3 Å². The number of nitrogens with zero attached hydrogens (tertiary/aromatic N) is 2. The van der Waals surface area contributed by atoms with Crippen LogP contribution in [0.3, 0.4) is 0 Å². The number of hydrogen-bond donors (Lipinski definition) is 1. The zero-order chi connectivity index (χ0) is 16.1. The van der Waals surface area contributed by atoms with Gasteiger partial charge in [0.25, 0.3) is 5.69 Å². The second kappa shape index (κ2) is 6.66. The first-order chi connectivity index (χ1) is 10.5. The summed E-state index contributed by atoms with van der Waals surface area (Å²) in [6.45, 7) is 1.85. The van der Waals surface area contributed by atoms with E-state index in [0.29, 0.717) is 5.69 Å². The van der Waals surface area contributed by atoms with Gasteiger partial charge in [-0.2, -0.15) is 0 Å². The van der Waals surface area contributed by atoms with Crippen LogP contribution in [-0.4, -0.2) is 23.0 Å². The molecule has 22 heavy (non-hydrogen) atoms. The van der Waals surface area contributed by atoms with Crippen LogP contribution in [0.2, 0.25) is 0 Å². The van der Waals surface area contributed by atoms with Gasteiger partial charge in [0.15, 0.2) is 0 Å². The summed E-state index contributed by atoms with van der Waals surface area (Å²) in [5.41, 5.74) is 1.01. The van der Waals surface area contributed by atoms with E-state index in [0.717, 1.165) is 5.69 Å². The molecular formula is C15H15N3O4. The zero-order valence-corrected chi connectivity index (χ0v) is 12.1. The highest BCUT2D eigenvalue weighted by Gasteiger charge is 2.19. The molecule has 0 radical (unpaired) electrons. The molecule has 0 fully saturated rings. The number of pyridine rings is 1. The van der Waals surface area contributed by atoms with E-state index in [1.165, 1.54) is 25.3 Å². The summed E-state index contributed by atoms with van der Waals surface area (Å²) in [6.07, 6.45) is 1.66. The molecule has 0 aliphatic rings. The lowest BCUT2D eigenvalue weighted by Crippen LogP contribution is -2.10. The third-order valence-corrected chi connectivity index (χ3v) is 3.12. The highest BCUT2D eigenvalue weighted by atomic mass is 16.6. The highest BCUT2D eigenvalue weighted by Crippen LogP contribution is 2.29. The summed E-state index contributed by atoms with van der Waals surface area (Å²) in [4.78, 5) is 26.3. The number of methoxy groups -OCH3 is 1. The molecule has 1 unspecified atom stereocenters. The Hall–Kier alpha value is -2.96. The highest BCUT2D eigenvalue weighted by molar-refractivity contribution is 5.91. The van der Waals surface area contributed by atoms with Gasteiger partial charge in [-0.3, -0.25) is 15.1 Å². The number of esters is 1. The number of benzene rings is 1. The van der Waals surface area contributed by atoms with Crippen LogP contribution in [0, 0.1) is 10.1 Å². The third-order valence-electron chi connectivity index (χ3n) is 3.12. The molecule has 114 valence electrons. The third kappa shape index (κ3) is 3.38. The van der Waals surface area contributed by atoms with Crippen LogP contribution < -0.4 is 5.32 Å². The molecule has 7 heteroatoms. The summed E-state index contributed by atoms with van der Waals surface area (Å²) in [5.74, 6) is -0.618. The predicted octanol–water partition coefficient (Wildman–Crippen LogP) is 2.95. The molecule has 0 aliphatic carbocycles. The monoisotopic (exact) mass is 301 g/mol. The number of nitro benzene ring substituents is 1. The lowest BCUT2D eigenvalue weighted by molar-refractivity contribution is -0.384. The van der Waals surface area contributed by atoms with Crippen molar-refractivity contribution in [2.24, 2.45) is 0 Å². The molecule has 1 aromatic heterocycles. The SMILES string of the molecule is COC(=O)c1ccc(NC(C)c2ccccn2)c([N+](=O)[O-])c1. The van der Waals surface area contributed by atoms with Gasteiger partial charge in [-0.25, -0.2) is 4.79 Å². The number of carbonyl (C=O) groups excluding carboxylic acids is 1. The van der Waals surface area contributed by atoms with E-state index in [1.54, 1.807) is 12.3 Å². The first-order valence-electron chi connectivity index (χ1n) is 6.57. The normalized spacial score (nSPS) is 11.5. The largest absolute Gasteiger partial charge is 0.465 e. The lowest BCUT2D eigenvalue weighted by Gasteiger charge is -2.15. The van der Waals surface area contributed by atoms with Gasteiger partial charge in [-0.05, 0) is 31.2 Å². The molecule has 1 heterocycles. The first-order valence-corrected chi connectivity index (χ1v) is 6.57. The van der Waals surface area contributed by atoms with Crippen molar-refractivity contribution in [1.82, 2.24) is 4.98 Å². The Bertz CT molecular complexity index is 688. The molecule has 0 saturated heterocycles. The maximum absolute atomic E-state index is 11.5. The van der Waals surface area contributed by atoms with Crippen LogP contribution in [-0.2, 0) is 4.74 Å². The van der Waals surface area contributed by atoms with Crippen LogP contribution in [0.15, 0.2) is 42.6 Å². The fourth-order valence-electron chi connectivity index (χ4n) is 1.99. The van der Waals surface area contributed by atoms with Crippen molar-refractivity contribution in [1.29, 1.82) is 0 Å². The summed E-state index contributed by atoms with van der Waals surface area (Å²) < 4.78 is 4.57. The van der Waals surface area contributed by atoms with Gasteiger partial charge < -0.3 is 10.1 Å². The molecule has 1 aromatic carbocycles. The Balaban J connectivity index is 2.31. The Kier molecular flexibility index (Phi) is 4.67. The number of carbonyl (C=O) groups is 1. The number of rotatable bonds is 5. The molecular weight excluding hydrogens is 286 g/mol. The number of ether oxygens (including phenoxy) is 1. The molecule has 2 rings (SSSR count). The maximum atomic E-state index is 11.5. The summed E-state index contributed by atoms with van der Waals surface area (Å²) >= 11 is 0. The molecule has 0 aliphatic heterocycles. The van der Waals surface area contributed by atoms with Crippen molar-refractivity contribution in [2.75, 3.05) is 12.4 Å². The van der Waals surface area contributed by atoms with E-state index >= 15 is 0 Å². The molecule has 7 nitrogen and oxygen atoms in total.